The zero-order chi connectivity index (χ0) is 22.9. The second-order valence-corrected chi connectivity index (χ2v) is 11.7. The maximum Gasteiger partial charge on any atom is 0.243 e. The molecule has 2 aliphatic rings. The van der Waals surface area contributed by atoms with Gasteiger partial charge in [-0.2, -0.15) is 4.31 Å². The zero-order valence-corrected chi connectivity index (χ0v) is 20.5. The lowest BCUT2D eigenvalue weighted by molar-refractivity contribution is -0.117. The third-order valence-corrected chi connectivity index (χ3v) is 9.11. The van der Waals surface area contributed by atoms with Crippen molar-refractivity contribution in [2.45, 2.75) is 83.6 Å². The van der Waals surface area contributed by atoms with Gasteiger partial charge in [-0.1, -0.05) is 31.9 Å². The Morgan fingerprint density at radius 1 is 1.06 bits per heavy atom. The van der Waals surface area contributed by atoms with Gasteiger partial charge in [0.25, 0.3) is 0 Å². The number of rotatable bonds is 6. The van der Waals surface area contributed by atoms with E-state index in [0.29, 0.717) is 30.4 Å². The van der Waals surface area contributed by atoms with Crippen LogP contribution in [0.1, 0.15) is 74.0 Å². The van der Waals surface area contributed by atoms with Crippen molar-refractivity contribution in [3.05, 3.63) is 52.3 Å². The molecule has 0 bridgehead atoms. The maximum absolute atomic E-state index is 13.1. The number of hydrogen-bond donors (Lipinski definition) is 0. The van der Waals surface area contributed by atoms with Crippen molar-refractivity contribution in [2.75, 3.05) is 13.1 Å². The third kappa shape index (κ3) is 4.72. The van der Waals surface area contributed by atoms with E-state index in [1.807, 2.05) is 12.1 Å². The van der Waals surface area contributed by atoms with Crippen LogP contribution in [0.15, 0.2) is 29.2 Å². The number of fused-ring (bicyclic) bond motifs is 1. The minimum Gasteiger partial charge on any atom is -0.341 e. The fourth-order valence-corrected chi connectivity index (χ4v) is 6.88. The van der Waals surface area contributed by atoms with Crippen LogP contribution in [0.5, 0.6) is 0 Å². The van der Waals surface area contributed by atoms with Crippen LogP contribution in [0.3, 0.4) is 0 Å². The summed E-state index contributed by atoms with van der Waals surface area (Å²) < 4.78 is 30.0. The van der Waals surface area contributed by atoms with Crippen molar-refractivity contribution in [1.82, 2.24) is 8.87 Å². The average molecular weight is 457 g/mol. The van der Waals surface area contributed by atoms with E-state index in [9.17, 15) is 13.2 Å². The van der Waals surface area contributed by atoms with Crippen molar-refractivity contribution in [3.8, 4) is 0 Å². The monoisotopic (exact) mass is 456 g/mol. The molecular weight excluding hydrogens is 420 g/mol. The summed E-state index contributed by atoms with van der Waals surface area (Å²) in [5, 5.41) is 0. The average Bonchev–Trinajstić information content (AvgIpc) is 2.96. The fraction of sp³-hybridized carbons (Fsp3) is 0.577. The molecule has 0 amide bonds. The van der Waals surface area contributed by atoms with Crippen LogP contribution in [-0.4, -0.2) is 36.2 Å². The molecule has 32 heavy (non-hydrogen) atoms. The smallest absolute Gasteiger partial charge is 0.243 e. The Bertz CT molecular complexity index is 1080. The minimum atomic E-state index is -3.42. The highest BCUT2D eigenvalue weighted by Crippen LogP contribution is 2.34. The van der Waals surface area contributed by atoms with Crippen LogP contribution in [0.2, 0.25) is 0 Å². The van der Waals surface area contributed by atoms with Gasteiger partial charge in [0.2, 0.25) is 10.0 Å². The van der Waals surface area contributed by atoms with E-state index in [2.05, 4.69) is 18.4 Å². The van der Waals surface area contributed by atoms with Crippen molar-refractivity contribution in [2.24, 2.45) is 5.92 Å². The van der Waals surface area contributed by atoms with E-state index in [0.717, 1.165) is 56.9 Å². The lowest BCUT2D eigenvalue weighted by Crippen LogP contribution is -2.31. The molecule has 4 rings (SSSR count). The first-order valence-corrected chi connectivity index (χ1v) is 13.5. The minimum absolute atomic E-state index is 0.180. The summed E-state index contributed by atoms with van der Waals surface area (Å²) in [5.41, 5.74) is 6.34. The SMILES string of the molecule is CC(=O)Cn1c(C)c(Cc2ccc(S(=O)(=O)N3CCCCCC3)cc2)c2c1CCC(C)C2. The topological polar surface area (TPSA) is 59.4 Å². The van der Waals surface area contributed by atoms with Crippen LogP contribution in [0, 0.1) is 12.8 Å². The molecule has 6 heteroatoms. The maximum atomic E-state index is 13.1. The predicted octanol–water partition coefficient (Wildman–Crippen LogP) is 4.67. The Morgan fingerprint density at radius 3 is 2.34 bits per heavy atom. The molecular formula is C26H36N2O3S. The summed E-state index contributed by atoms with van der Waals surface area (Å²) in [6.07, 6.45) is 8.12. The van der Waals surface area contributed by atoms with Gasteiger partial charge >= 0.3 is 0 Å². The molecule has 1 atom stereocenters. The Labute approximate surface area is 192 Å². The summed E-state index contributed by atoms with van der Waals surface area (Å²) >= 11 is 0. The van der Waals surface area contributed by atoms with Crippen molar-refractivity contribution in [3.63, 3.8) is 0 Å². The van der Waals surface area contributed by atoms with Gasteiger partial charge in [0.1, 0.15) is 5.78 Å². The molecule has 0 radical (unpaired) electrons. The normalized spacial score (nSPS) is 20.0. The summed E-state index contributed by atoms with van der Waals surface area (Å²) in [4.78, 5) is 12.3. The highest BCUT2D eigenvalue weighted by Gasteiger charge is 2.27. The number of benzene rings is 1. The molecule has 1 aliphatic heterocycles. The van der Waals surface area contributed by atoms with E-state index in [4.69, 9.17) is 0 Å². The van der Waals surface area contributed by atoms with Gasteiger partial charge in [-0.15, -0.1) is 0 Å². The standard InChI is InChI=1S/C26H36N2O3S/c1-19-8-13-26-25(16-19)24(21(3)28(26)18-20(2)29)17-22-9-11-23(12-10-22)32(30,31)27-14-6-4-5-7-15-27/h9-12,19H,4-8,13-18H2,1-3H3. The first-order chi connectivity index (χ1) is 15.3. The number of carbonyl (C=O) groups is 1. The lowest BCUT2D eigenvalue weighted by atomic mass is 9.85. The number of hydrogen-bond acceptors (Lipinski definition) is 3. The van der Waals surface area contributed by atoms with Gasteiger partial charge in [-0.3, -0.25) is 4.79 Å². The molecule has 174 valence electrons. The number of carbonyl (C=O) groups excluding carboxylic acids is 1. The van der Waals surface area contributed by atoms with E-state index < -0.39 is 10.0 Å². The highest BCUT2D eigenvalue weighted by atomic mass is 32.2. The number of nitrogens with zero attached hydrogens (tertiary/aromatic N) is 2. The molecule has 0 saturated carbocycles. The van der Waals surface area contributed by atoms with E-state index >= 15 is 0 Å². The van der Waals surface area contributed by atoms with E-state index in [-0.39, 0.29) is 5.78 Å². The van der Waals surface area contributed by atoms with Crippen LogP contribution < -0.4 is 0 Å². The quantitative estimate of drug-likeness (QED) is 0.635. The predicted molar refractivity (Wildman–Crippen MR) is 128 cm³/mol. The van der Waals surface area contributed by atoms with Crippen molar-refractivity contribution in [1.29, 1.82) is 0 Å². The molecule has 1 saturated heterocycles. The largest absolute Gasteiger partial charge is 0.341 e. The van der Waals surface area contributed by atoms with Crippen LogP contribution in [0.4, 0.5) is 0 Å². The van der Waals surface area contributed by atoms with Gasteiger partial charge in [0.05, 0.1) is 11.4 Å². The van der Waals surface area contributed by atoms with Crippen LogP contribution in [0.25, 0.3) is 0 Å². The third-order valence-electron chi connectivity index (χ3n) is 7.19. The molecule has 5 nitrogen and oxygen atoms in total. The summed E-state index contributed by atoms with van der Waals surface area (Å²) in [5.74, 6) is 0.828. The Kier molecular flexibility index (Phi) is 6.91. The Hall–Kier alpha value is -1.92. The molecule has 0 N–H and O–H groups in total. The van der Waals surface area contributed by atoms with Gasteiger partial charge in [0, 0.05) is 24.5 Å². The number of ketones is 1. The number of sulfonamides is 1. The summed E-state index contributed by atoms with van der Waals surface area (Å²) in [7, 11) is -3.42. The van der Waals surface area contributed by atoms with Gasteiger partial charge in [-0.05, 0) is 87.1 Å². The molecule has 1 fully saturated rings. The van der Waals surface area contributed by atoms with Gasteiger partial charge in [0.15, 0.2) is 0 Å². The molecule has 2 aromatic rings. The second-order valence-electron chi connectivity index (χ2n) is 9.76. The molecule has 1 aliphatic carbocycles. The van der Waals surface area contributed by atoms with Gasteiger partial charge in [-0.25, -0.2) is 8.42 Å². The Balaban J connectivity index is 1.60. The fourth-order valence-electron chi connectivity index (χ4n) is 5.37. The molecule has 0 spiro atoms. The Morgan fingerprint density at radius 2 is 1.72 bits per heavy atom. The summed E-state index contributed by atoms with van der Waals surface area (Å²) in [6, 6.07) is 7.47. The lowest BCUT2D eigenvalue weighted by Gasteiger charge is -2.21. The van der Waals surface area contributed by atoms with Crippen molar-refractivity contribution >= 4 is 15.8 Å². The second kappa shape index (κ2) is 9.52. The van der Waals surface area contributed by atoms with Crippen LogP contribution >= 0.6 is 0 Å². The molecule has 1 aromatic heterocycles. The highest BCUT2D eigenvalue weighted by molar-refractivity contribution is 7.89. The van der Waals surface area contributed by atoms with E-state index in [1.54, 1.807) is 23.4 Å². The van der Waals surface area contributed by atoms with Crippen LogP contribution in [-0.2, 0) is 40.6 Å². The molecule has 1 aromatic carbocycles. The first kappa shape index (κ1) is 23.2. The first-order valence-electron chi connectivity index (χ1n) is 12.1. The number of Topliss-reactive ketones (excluding diaryl/α,β-unsaturated/α-hetero) is 1. The number of aromatic nitrogens is 1. The van der Waals surface area contributed by atoms with Gasteiger partial charge < -0.3 is 4.57 Å². The van der Waals surface area contributed by atoms with E-state index in [1.165, 1.54) is 22.5 Å². The molecule has 2 heterocycles. The van der Waals surface area contributed by atoms with Crippen molar-refractivity contribution < 1.29 is 13.2 Å². The zero-order valence-electron chi connectivity index (χ0n) is 19.7. The summed E-state index contributed by atoms with van der Waals surface area (Å²) in [6.45, 7) is 7.76. The molecule has 1 unspecified atom stereocenters.